The van der Waals surface area contributed by atoms with Crippen molar-refractivity contribution in [2.75, 3.05) is 56.6 Å². The van der Waals surface area contributed by atoms with E-state index in [4.69, 9.17) is 20.2 Å². The molecule has 4 aliphatic rings. The molecule has 3 fully saturated rings. The summed E-state index contributed by atoms with van der Waals surface area (Å²) in [6.45, 7) is 8.58. The monoisotopic (exact) mass is 850 g/mol. The Kier molecular flexibility index (Phi) is 9.38. The number of hydrogen-bond donors (Lipinski definition) is 2. The van der Waals surface area contributed by atoms with Gasteiger partial charge in [0, 0.05) is 55.9 Å². The van der Waals surface area contributed by atoms with E-state index in [1.165, 1.54) is 12.1 Å². The highest BCUT2D eigenvalue weighted by atomic mass is 127. The Morgan fingerprint density at radius 2 is 2.02 bits per heavy atom. The average molecular weight is 851 g/mol. The normalized spacial score (nSPS) is 24.0. The molecule has 52 heavy (non-hydrogen) atoms. The van der Waals surface area contributed by atoms with Gasteiger partial charge in [0.25, 0.3) is 0 Å². The third-order valence-electron chi connectivity index (χ3n) is 11.1. The third-order valence-corrected chi connectivity index (χ3v) is 13.1. The number of aliphatic hydroxyl groups is 1. The first kappa shape index (κ1) is 35.9. The Morgan fingerprint density at radius 3 is 2.77 bits per heavy atom. The molecule has 3 N–H and O–H groups in total. The zero-order valence-corrected chi connectivity index (χ0v) is 32.3. The fourth-order valence-corrected chi connectivity index (χ4v) is 10.3. The van der Waals surface area contributed by atoms with Crippen LogP contribution >= 0.6 is 33.9 Å². The van der Waals surface area contributed by atoms with Gasteiger partial charge < -0.3 is 30.1 Å². The zero-order chi connectivity index (χ0) is 36.6. The predicted octanol–water partition coefficient (Wildman–Crippen LogP) is 6.38. The number of fused-ring (bicyclic) bond motifs is 2. The lowest BCUT2D eigenvalue weighted by atomic mass is 9.95. The smallest absolute Gasteiger partial charge is 0.319 e. The van der Waals surface area contributed by atoms with E-state index in [2.05, 4.69) is 32.5 Å². The van der Waals surface area contributed by atoms with Gasteiger partial charge >= 0.3 is 6.01 Å². The van der Waals surface area contributed by atoms with Gasteiger partial charge in [-0.1, -0.05) is 19.9 Å². The number of amides is 1. The van der Waals surface area contributed by atoms with Gasteiger partial charge in [0.05, 0.1) is 36.3 Å². The summed E-state index contributed by atoms with van der Waals surface area (Å²) < 4.78 is 60.6. The van der Waals surface area contributed by atoms with Crippen molar-refractivity contribution in [3.63, 3.8) is 0 Å². The summed E-state index contributed by atoms with van der Waals surface area (Å²) in [5.41, 5.74) is 6.19. The largest absolute Gasteiger partial charge is 0.489 e. The number of nitrogens with zero attached hydrogens (tertiary/aromatic N) is 5. The second kappa shape index (κ2) is 13.6. The van der Waals surface area contributed by atoms with Crippen LogP contribution in [-0.2, 0) is 4.79 Å². The summed E-state index contributed by atoms with van der Waals surface area (Å²) in [4.78, 5) is 28.3. The Bertz CT molecular complexity index is 2060. The Labute approximate surface area is 317 Å². The van der Waals surface area contributed by atoms with E-state index < -0.39 is 35.5 Å². The molecule has 0 bridgehead atoms. The molecule has 6 heterocycles. The summed E-state index contributed by atoms with van der Waals surface area (Å²) in [6.07, 6.45) is 0.691. The number of halogens is 4. The highest BCUT2D eigenvalue weighted by molar-refractivity contribution is 14.1. The molecular formula is C37H42F3IN6O4S. The van der Waals surface area contributed by atoms with Gasteiger partial charge in [0.1, 0.15) is 42.3 Å². The van der Waals surface area contributed by atoms with Crippen molar-refractivity contribution in [2.45, 2.75) is 70.3 Å². The second-order valence-electron chi connectivity index (χ2n) is 15.3. The van der Waals surface area contributed by atoms with Crippen molar-refractivity contribution in [1.29, 1.82) is 0 Å². The van der Waals surface area contributed by atoms with Crippen LogP contribution in [0.3, 0.4) is 0 Å². The van der Waals surface area contributed by atoms with Gasteiger partial charge in [0.15, 0.2) is 5.82 Å². The van der Waals surface area contributed by atoms with Gasteiger partial charge in [-0.05, 0) is 72.5 Å². The third kappa shape index (κ3) is 6.12. The summed E-state index contributed by atoms with van der Waals surface area (Å²) in [5, 5.41) is 12.4. The van der Waals surface area contributed by atoms with Gasteiger partial charge in [-0.2, -0.15) is 9.97 Å². The molecule has 4 aromatic rings. The molecule has 4 aliphatic heterocycles. The molecule has 2 aromatic heterocycles. The number of likely N-dealkylation sites (tertiary alicyclic amines) is 1. The van der Waals surface area contributed by atoms with Crippen LogP contribution in [0, 0.1) is 27.0 Å². The highest BCUT2D eigenvalue weighted by Gasteiger charge is 2.49. The summed E-state index contributed by atoms with van der Waals surface area (Å²) in [6, 6.07) is 3.83. The maximum Gasteiger partial charge on any atom is 0.319 e. The number of benzene rings is 2. The molecule has 2 aromatic carbocycles. The van der Waals surface area contributed by atoms with E-state index in [0.717, 1.165) is 30.7 Å². The maximum atomic E-state index is 17.4. The van der Waals surface area contributed by atoms with Crippen LogP contribution in [0.1, 0.15) is 46.5 Å². The maximum absolute atomic E-state index is 17.4. The molecule has 8 rings (SSSR count). The molecule has 4 atom stereocenters. The Hall–Kier alpha value is -3.15. The van der Waals surface area contributed by atoms with E-state index in [0.29, 0.717) is 80.2 Å². The molecule has 2 unspecified atom stereocenters. The van der Waals surface area contributed by atoms with Crippen molar-refractivity contribution >= 4 is 71.6 Å². The Balaban J connectivity index is 1.26. The van der Waals surface area contributed by atoms with Crippen molar-refractivity contribution < 1.29 is 32.5 Å². The molecule has 278 valence electrons. The lowest BCUT2D eigenvalue weighted by Crippen LogP contribution is -2.57. The number of nitrogens with two attached hydrogens (primary N) is 1. The molecule has 0 aliphatic carbocycles. The van der Waals surface area contributed by atoms with Gasteiger partial charge in [-0.15, -0.1) is 11.3 Å². The van der Waals surface area contributed by atoms with Crippen LogP contribution in [0.25, 0.3) is 32.1 Å². The average Bonchev–Trinajstić information content (AvgIpc) is 3.70. The lowest BCUT2D eigenvalue weighted by Gasteiger charge is -2.44. The molecule has 1 amide bonds. The first-order valence-electron chi connectivity index (χ1n) is 17.9. The van der Waals surface area contributed by atoms with Crippen molar-refractivity contribution in [3.8, 4) is 22.9 Å². The number of alkyl halides is 1. The number of aliphatic hydroxyl groups excluding tert-OH is 1. The minimum Gasteiger partial charge on any atom is -0.489 e. The number of aromatic nitrogens is 2. The topological polar surface area (TPSA) is 117 Å². The van der Waals surface area contributed by atoms with Gasteiger partial charge in [0.2, 0.25) is 5.91 Å². The van der Waals surface area contributed by atoms with Crippen LogP contribution in [0.2, 0.25) is 0 Å². The molecule has 0 saturated carbocycles. The number of rotatable bonds is 9. The molecular weight excluding hydrogens is 808 g/mol. The van der Waals surface area contributed by atoms with E-state index in [-0.39, 0.29) is 48.0 Å². The van der Waals surface area contributed by atoms with Crippen molar-refractivity contribution in [2.24, 2.45) is 11.8 Å². The van der Waals surface area contributed by atoms with Crippen molar-refractivity contribution in [3.05, 3.63) is 33.4 Å². The SMILES string of the molecule is CC(C)CC(=O)N1CC(CN2c3nc(OC[C@@]45CCCN4C[C@H](F)C5)nc4c(F)c(-c5ccc(F)c6sc(N)cc56)c(I)c(c34)OCC2C(C)O)C1. The molecule has 0 spiro atoms. The van der Waals surface area contributed by atoms with Gasteiger partial charge in [-0.25, -0.2) is 13.2 Å². The Morgan fingerprint density at radius 1 is 1.23 bits per heavy atom. The van der Waals surface area contributed by atoms with E-state index >= 15 is 4.39 Å². The van der Waals surface area contributed by atoms with Crippen LogP contribution in [0.5, 0.6) is 11.8 Å². The van der Waals surface area contributed by atoms with Crippen LogP contribution in [0.4, 0.5) is 24.0 Å². The van der Waals surface area contributed by atoms with Crippen LogP contribution in [-0.4, -0.2) is 101 Å². The lowest BCUT2D eigenvalue weighted by molar-refractivity contribution is -0.138. The number of hydrogen-bond acceptors (Lipinski definition) is 10. The number of thiophene rings is 1. The predicted molar refractivity (Wildman–Crippen MR) is 204 cm³/mol. The molecule has 15 heteroatoms. The van der Waals surface area contributed by atoms with Crippen LogP contribution < -0.4 is 20.1 Å². The fraction of sp³-hybridized carbons (Fsp3) is 0.541. The minimum atomic E-state index is -0.955. The minimum absolute atomic E-state index is 0.0414. The number of nitrogen functional groups attached to an aromatic ring is 1. The number of ether oxygens (including phenoxy) is 2. The first-order chi connectivity index (χ1) is 24.8. The number of carbonyl (C=O) groups excluding carboxylic acids is 1. The molecule has 10 nitrogen and oxygen atoms in total. The summed E-state index contributed by atoms with van der Waals surface area (Å²) in [5.74, 6) is 0.0167. The number of anilines is 2. The molecule has 3 saturated heterocycles. The molecule has 0 radical (unpaired) electrons. The second-order valence-corrected chi connectivity index (χ2v) is 17.4. The number of carbonyl (C=O) groups is 1. The van der Waals surface area contributed by atoms with E-state index in [1.54, 1.807) is 13.0 Å². The standard InChI is InChI=1S/C37H42F3IN6O4S/c1-18(2)9-27(49)45-12-20(13-45)14-47-25(19(3)48)16-50-33-29-32(30(40)28(31(33)41)22-5-6-24(39)34-23(22)10-26(42)52-34)43-36(44-35(29)47)51-17-37-7-4-8-46(37)15-21(38)11-37/h5-6,10,18-21,25,48H,4,7-9,11-17,42H2,1-3H3/t19?,21-,25?,37+/m1/s1. The summed E-state index contributed by atoms with van der Waals surface area (Å²) >= 11 is 3.15. The quantitative estimate of drug-likeness (QED) is 0.185. The van der Waals surface area contributed by atoms with Crippen molar-refractivity contribution in [1.82, 2.24) is 19.8 Å². The first-order valence-corrected chi connectivity index (χ1v) is 19.8. The van der Waals surface area contributed by atoms with Gasteiger partial charge in [-0.3, -0.25) is 9.69 Å². The zero-order valence-electron chi connectivity index (χ0n) is 29.3. The van der Waals surface area contributed by atoms with E-state index in [9.17, 15) is 18.7 Å². The van der Waals surface area contributed by atoms with Crippen LogP contribution in [0.15, 0.2) is 18.2 Å². The summed E-state index contributed by atoms with van der Waals surface area (Å²) in [7, 11) is 0. The fourth-order valence-electron chi connectivity index (χ4n) is 8.54. The highest BCUT2D eigenvalue weighted by Crippen LogP contribution is 2.49. The van der Waals surface area contributed by atoms with E-state index in [1.807, 2.05) is 23.6 Å².